The van der Waals surface area contributed by atoms with E-state index in [0.717, 1.165) is 6.07 Å². The molecule has 4 nitrogen and oxygen atoms in total. The Labute approximate surface area is 126 Å². The fourth-order valence-electron chi connectivity index (χ4n) is 1.22. The first kappa shape index (κ1) is 17.2. The van der Waals surface area contributed by atoms with Crippen LogP contribution in [0.15, 0.2) is 17.0 Å². The maximum absolute atomic E-state index is 13.6. The summed E-state index contributed by atoms with van der Waals surface area (Å²) in [5, 5.41) is -0.505. The van der Waals surface area contributed by atoms with E-state index >= 15 is 0 Å². The molecular formula is C12H13Cl2FO4S. The van der Waals surface area contributed by atoms with E-state index in [1.165, 1.54) is 0 Å². The summed E-state index contributed by atoms with van der Waals surface area (Å²) >= 11 is 5.66. The molecule has 0 radical (unpaired) electrons. The summed E-state index contributed by atoms with van der Waals surface area (Å²) in [7, 11) is 0.949. The Morgan fingerprint density at radius 2 is 1.85 bits per heavy atom. The predicted octanol–water partition coefficient (Wildman–Crippen LogP) is 3.61. The Hall–Kier alpha value is -0.850. The lowest BCUT2D eigenvalue weighted by molar-refractivity contribution is 0.0237. The number of hydrogen-bond donors (Lipinski definition) is 0. The van der Waals surface area contributed by atoms with Gasteiger partial charge in [-0.15, -0.1) is 0 Å². The quantitative estimate of drug-likeness (QED) is 0.619. The zero-order chi connectivity index (χ0) is 15.7. The molecule has 1 unspecified atom stereocenters. The van der Waals surface area contributed by atoms with E-state index in [0.29, 0.717) is 6.07 Å². The molecule has 0 saturated heterocycles. The summed E-state index contributed by atoms with van der Waals surface area (Å²) in [5.74, 6) is -1.92. The molecular weight excluding hydrogens is 330 g/mol. The highest BCUT2D eigenvalue weighted by Gasteiger charge is 2.23. The minimum Gasteiger partial charge on any atom is -0.459 e. The van der Waals surface area contributed by atoms with Crippen molar-refractivity contribution in [1.82, 2.24) is 0 Å². The second kappa shape index (κ2) is 6.28. The van der Waals surface area contributed by atoms with Gasteiger partial charge in [0.05, 0.1) is 15.5 Å². The van der Waals surface area contributed by atoms with Gasteiger partial charge in [-0.25, -0.2) is 17.6 Å². The highest BCUT2D eigenvalue weighted by atomic mass is 35.7. The van der Waals surface area contributed by atoms with Crippen LogP contribution in [-0.2, 0) is 13.8 Å². The molecule has 8 heteroatoms. The van der Waals surface area contributed by atoms with E-state index in [9.17, 15) is 17.6 Å². The van der Waals surface area contributed by atoms with E-state index in [1.807, 2.05) is 13.8 Å². The van der Waals surface area contributed by atoms with Gasteiger partial charge in [-0.1, -0.05) is 25.4 Å². The minimum absolute atomic E-state index is 0.0440. The van der Waals surface area contributed by atoms with Crippen molar-refractivity contribution in [2.75, 3.05) is 0 Å². The zero-order valence-electron chi connectivity index (χ0n) is 11.0. The molecule has 0 heterocycles. The summed E-state index contributed by atoms with van der Waals surface area (Å²) in [4.78, 5) is 11.3. The third-order valence-corrected chi connectivity index (χ3v) is 4.45. The molecule has 0 aliphatic heterocycles. The van der Waals surface area contributed by atoms with Crippen molar-refractivity contribution in [2.45, 2.75) is 31.8 Å². The molecule has 0 N–H and O–H groups in total. The monoisotopic (exact) mass is 342 g/mol. The highest BCUT2D eigenvalue weighted by molar-refractivity contribution is 8.13. The van der Waals surface area contributed by atoms with Gasteiger partial charge in [-0.3, -0.25) is 0 Å². The van der Waals surface area contributed by atoms with Gasteiger partial charge in [-0.05, 0) is 25.0 Å². The number of halogens is 3. The number of benzene rings is 1. The lowest BCUT2D eigenvalue weighted by atomic mass is 10.1. The lowest BCUT2D eigenvalue weighted by Gasteiger charge is -2.17. The Balaban J connectivity index is 3.24. The highest BCUT2D eigenvalue weighted by Crippen LogP contribution is 2.27. The van der Waals surface area contributed by atoms with Crippen LogP contribution in [0.25, 0.3) is 0 Å². The second-order valence-electron chi connectivity index (χ2n) is 4.56. The SMILES string of the molecule is CC(C)C(C)OC(=O)c1cc(S(=O)(=O)Cl)cc(F)c1Cl. The third-order valence-electron chi connectivity index (χ3n) is 2.73. The van der Waals surface area contributed by atoms with E-state index in [4.69, 9.17) is 27.0 Å². The molecule has 1 atom stereocenters. The number of carbonyl (C=O) groups excluding carboxylic acids is 1. The number of carbonyl (C=O) groups is 1. The van der Waals surface area contributed by atoms with Crippen molar-refractivity contribution in [3.8, 4) is 0 Å². The fourth-order valence-corrected chi connectivity index (χ4v) is 2.18. The van der Waals surface area contributed by atoms with Crippen molar-refractivity contribution in [1.29, 1.82) is 0 Å². The van der Waals surface area contributed by atoms with E-state index < -0.39 is 36.9 Å². The predicted molar refractivity (Wildman–Crippen MR) is 74.2 cm³/mol. The number of hydrogen-bond acceptors (Lipinski definition) is 4. The molecule has 1 aromatic rings. The normalized spacial score (nSPS) is 13.3. The van der Waals surface area contributed by atoms with Gasteiger partial charge < -0.3 is 4.74 Å². The topological polar surface area (TPSA) is 60.4 Å². The molecule has 1 aromatic carbocycles. The van der Waals surface area contributed by atoms with Crippen molar-refractivity contribution in [3.05, 3.63) is 28.5 Å². The van der Waals surface area contributed by atoms with Gasteiger partial charge in [0.25, 0.3) is 9.05 Å². The Morgan fingerprint density at radius 3 is 2.30 bits per heavy atom. The summed E-state index contributed by atoms with van der Waals surface area (Å²) < 4.78 is 41.0. The Kier molecular flexibility index (Phi) is 5.40. The molecule has 112 valence electrons. The van der Waals surface area contributed by atoms with Crippen LogP contribution >= 0.6 is 22.3 Å². The van der Waals surface area contributed by atoms with Crippen molar-refractivity contribution in [3.63, 3.8) is 0 Å². The van der Waals surface area contributed by atoms with Crippen LogP contribution in [0.1, 0.15) is 31.1 Å². The maximum Gasteiger partial charge on any atom is 0.340 e. The van der Waals surface area contributed by atoms with Crippen LogP contribution in [0.4, 0.5) is 4.39 Å². The van der Waals surface area contributed by atoms with E-state index in [-0.39, 0.29) is 11.5 Å². The van der Waals surface area contributed by atoms with Crippen molar-refractivity contribution >= 4 is 37.3 Å². The van der Waals surface area contributed by atoms with Crippen LogP contribution in [0.5, 0.6) is 0 Å². The van der Waals surface area contributed by atoms with Crippen LogP contribution < -0.4 is 0 Å². The summed E-state index contributed by atoms with van der Waals surface area (Å²) in [6.07, 6.45) is -0.433. The largest absolute Gasteiger partial charge is 0.459 e. The van der Waals surface area contributed by atoms with Crippen LogP contribution in [0.3, 0.4) is 0 Å². The number of esters is 1. The van der Waals surface area contributed by atoms with E-state index in [1.54, 1.807) is 6.92 Å². The summed E-state index contributed by atoms with van der Waals surface area (Å²) in [6.45, 7) is 5.33. The first-order chi connectivity index (χ1) is 9.04. The minimum atomic E-state index is -4.18. The standard InChI is InChI=1S/C12H13Cl2FO4S/c1-6(2)7(3)19-12(16)9-4-8(20(14,17)18)5-10(15)11(9)13/h4-7H,1-3H3. The average molecular weight is 343 g/mol. The number of ether oxygens (including phenoxy) is 1. The van der Waals surface area contributed by atoms with Gasteiger partial charge in [-0.2, -0.15) is 0 Å². The van der Waals surface area contributed by atoms with Gasteiger partial charge >= 0.3 is 5.97 Å². The molecule has 0 aliphatic rings. The molecule has 0 fully saturated rings. The summed E-state index contributed by atoms with van der Waals surface area (Å²) in [6, 6.07) is 1.54. The fraction of sp³-hybridized carbons (Fsp3) is 0.417. The summed E-state index contributed by atoms with van der Waals surface area (Å²) in [5.41, 5.74) is -0.376. The third kappa shape index (κ3) is 4.07. The number of rotatable bonds is 4. The molecule has 20 heavy (non-hydrogen) atoms. The van der Waals surface area contributed by atoms with Crippen LogP contribution in [-0.4, -0.2) is 20.5 Å². The van der Waals surface area contributed by atoms with Gasteiger partial charge in [0.1, 0.15) is 11.9 Å². The lowest BCUT2D eigenvalue weighted by Crippen LogP contribution is -2.20. The smallest absolute Gasteiger partial charge is 0.340 e. The first-order valence-corrected chi connectivity index (χ1v) is 8.37. The molecule has 0 spiro atoms. The van der Waals surface area contributed by atoms with Crippen molar-refractivity contribution < 1.29 is 22.3 Å². The molecule has 0 saturated carbocycles. The van der Waals surface area contributed by atoms with Crippen LogP contribution in [0.2, 0.25) is 5.02 Å². The average Bonchev–Trinajstić information content (AvgIpc) is 2.30. The molecule has 1 rings (SSSR count). The molecule has 0 aromatic heterocycles. The second-order valence-corrected chi connectivity index (χ2v) is 7.50. The molecule has 0 bridgehead atoms. The van der Waals surface area contributed by atoms with Gasteiger partial charge in [0.15, 0.2) is 0 Å². The maximum atomic E-state index is 13.6. The van der Waals surface area contributed by atoms with Crippen LogP contribution in [0, 0.1) is 11.7 Å². The van der Waals surface area contributed by atoms with Gasteiger partial charge in [0.2, 0.25) is 0 Å². The zero-order valence-corrected chi connectivity index (χ0v) is 13.3. The van der Waals surface area contributed by atoms with Crippen molar-refractivity contribution in [2.24, 2.45) is 5.92 Å². The van der Waals surface area contributed by atoms with E-state index in [2.05, 4.69) is 0 Å². The molecule has 0 amide bonds. The van der Waals surface area contributed by atoms with Gasteiger partial charge in [0, 0.05) is 10.7 Å². The Morgan fingerprint density at radius 1 is 1.30 bits per heavy atom. The Bertz CT molecular complexity index is 629. The molecule has 0 aliphatic carbocycles. The first-order valence-electron chi connectivity index (χ1n) is 5.68.